The zero-order valence-electron chi connectivity index (χ0n) is 11.3. The van der Waals surface area contributed by atoms with Crippen molar-refractivity contribution in [3.8, 4) is 6.07 Å². The summed E-state index contributed by atoms with van der Waals surface area (Å²) < 4.78 is 0. The number of hydrogen-bond donors (Lipinski definition) is 2. The average Bonchev–Trinajstić information content (AvgIpc) is 2.95. The minimum Gasteiger partial charge on any atom is -0.361 e. The molecule has 1 aromatic heterocycles. The van der Waals surface area contributed by atoms with Gasteiger partial charge in [-0.1, -0.05) is 24.3 Å². The molecule has 0 unspecified atom stereocenters. The second-order valence-corrected chi connectivity index (χ2v) is 4.78. The molecule has 0 spiro atoms. The molecule has 2 aromatic carbocycles. The predicted octanol–water partition coefficient (Wildman–Crippen LogP) is 3.22. The van der Waals surface area contributed by atoms with Crippen LogP contribution in [-0.2, 0) is 11.2 Å². The molecule has 0 aliphatic heterocycles. The Morgan fingerprint density at radius 2 is 2.05 bits per heavy atom. The summed E-state index contributed by atoms with van der Waals surface area (Å²) in [5, 5.41) is 12.9. The van der Waals surface area contributed by atoms with Gasteiger partial charge in [0.15, 0.2) is 0 Å². The van der Waals surface area contributed by atoms with Crippen molar-refractivity contribution in [2.24, 2.45) is 0 Å². The van der Waals surface area contributed by atoms with E-state index in [0.29, 0.717) is 11.3 Å². The number of hydrogen-bond acceptors (Lipinski definition) is 2. The number of anilines is 1. The number of nitriles is 1. The van der Waals surface area contributed by atoms with E-state index in [9.17, 15) is 4.79 Å². The molecule has 21 heavy (non-hydrogen) atoms. The van der Waals surface area contributed by atoms with E-state index in [1.807, 2.05) is 30.5 Å². The number of H-pyrrole nitrogens is 1. The van der Waals surface area contributed by atoms with Gasteiger partial charge in [-0.2, -0.15) is 5.26 Å². The van der Waals surface area contributed by atoms with Crippen LogP contribution in [0.5, 0.6) is 0 Å². The Hall–Kier alpha value is -3.06. The Balaban J connectivity index is 1.75. The van der Waals surface area contributed by atoms with E-state index >= 15 is 0 Å². The zero-order chi connectivity index (χ0) is 14.7. The first-order chi connectivity index (χ1) is 10.3. The normalized spacial score (nSPS) is 10.2. The lowest BCUT2D eigenvalue weighted by Crippen LogP contribution is -2.15. The van der Waals surface area contributed by atoms with Crippen LogP contribution in [0.4, 0.5) is 5.69 Å². The number of carbonyl (C=O) groups excluding carboxylic acids is 1. The van der Waals surface area contributed by atoms with Crippen molar-refractivity contribution in [3.63, 3.8) is 0 Å². The first kappa shape index (κ1) is 12.9. The van der Waals surface area contributed by atoms with Crippen molar-refractivity contribution >= 4 is 22.5 Å². The lowest BCUT2D eigenvalue weighted by atomic mass is 10.1. The Kier molecular flexibility index (Phi) is 3.40. The van der Waals surface area contributed by atoms with Crippen molar-refractivity contribution in [2.75, 3.05) is 5.32 Å². The smallest absolute Gasteiger partial charge is 0.228 e. The van der Waals surface area contributed by atoms with Gasteiger partial charge in [-0.3, -0.25) is 4.79 Å². The van der Waals surface area contributed by atoms with Crippen molar-refractivity contribution in [3.05, 3.63) is 65.9 Å². The molecule has 0 aliphatic rings. The van der Waals surface area contributed by atoms with E-state index in [-0.39, 0.29) is 12.3 Å². The van der Waals surface area contributed by atoms with Crippen molar-refractivity contribution < 1.29 is 4.79 Å². The van der Waals surface area contributed by atoms with Gasteiger partial charge in [0.25, 0.3) is 0 Å². The molecule has 4 nitrogen and oxygen atoms in total. The van der Waals surface area contributed by atoms with Gasteiger partial charge in [-0.05, 0) is 35.2 Å². The highest BCUT2D eigenvalue weighted by Gasteiger charge is 2.08. The summed E-state index contributed by atoms with van der Waals surface area (Å²) in [6.07, 6.45) is 2.15. The minimum absolute atomic E-state index is 0.136. The molecule has 0 atom stereocenters. The second-order valence-electron chi connectivity index (χ2n) is 4.78. The van der Waals surface area contributed by atoms with Gasteiger partial charge in [0, 0.05) is 11.7 Å². The van der Waals surface area contributed by atoms with E-state index in [4.69, 9.17) is 5.26 Å². The number of fused-ring (bicyclic) bond motifs is 1. The molecule has 0 saturated heterocycles. The van der Waals surface area contributed by atoms with Crippen LogP contribution < -0.4 is 5.32 Å². The lowest BCUT2D eigenvalue weighted by molar-refractivity contribution is -0.115. The van der Waals surface area contributed by atoms with Gasteiger partial charge in [-0.15, -0.1) is 0 Å². The Morgan fingerprint density at radius 1 is 1.19 bits per heavy atom. The molecule has 102 valence electrons. The fraction of sp³-hybridized carbons (Fsp3) is 0.0588. The maximum absolute atomic E-state index is 12.1. The van der Waals surface area contributed by atoms with Crippen molar-refractivity contribution in [1.82, 2.24) is 4.98 Å². The third-order valence-corrected chi connectivity index (χ3v) is 3.31. The second kappa shape index (κ2) is 5.51. The highest BCUT2D eigenvalue weighted by atomic mass is 16.1. The maximum Gasteiger partial charge on any atom is 0.228 e. The Labute approximate surface area is 122 Å². The molecule has 0 saturated carbocycles. The molecule has 4 heteroatoms. The highest BCUT2D eigenvalue weighted by Crippen LogP contribution is 2.16. The quantitative estimate of drug-likeness (QED) is 0.770. The van der Waals surface area contributed by atoms with E-state index in [1.54, 1.807) is 24.3 Å². The van der Waals surface area contributed by atoms with Gasteiger partial charge in [-0.25, -0.2) is 0 Å². The zero-order valence-corrected chi connectivity index (χ0v) is 11.3. The fourth-order valence-corrected chi connectivity index (χ4v) is 2.27. The van der Waals surface area contributed by atoms with Gasteiger partial charge >= 0.3 is 0 Å². The topological polar surface area (TPSA) is 68.7 Å². The van der Waals surface area contributed by atoms with Crippen LogP contribution in [0.25, 0.3) is 10.9 Å². The summed E-state index contributed by atoms with van der Waals surface area (Å²) in [5.74, 6) is -0.136. The van der Waals surface area contributed by atoms with E-state index in [2.05, 4.69) is 16.4 Å². The van der Waals surface area contributed by atoms with Gasteiger partial charge in [0.05, 0.1) is 17.7 Å². The Bertz CT molecular complexity index is 842. The van der Waals surface area contributed by atoms with Crippen molar-refractivity contribution in [1.29, 1.82) is 5.26 Å². The molecule has 0 bridgehead atoms. The summed E-state index contributed by atoms with van der Waals surface area (Å²) in [7, 11) is 0. The molecule has 3 rings (SSSR count). The number of rotatable bonds is 3. The number of carbonyl (C=O) groups is 1. The van der Waals surface area contributed by atoms with Crippen LogP contribution in [0.15, 0.2) is 54.7 Å². The molecule has 1 heterocycles. The molecule has 0 radical (unpaired) electrons. The summed E-state index contributed by atoms with van der Waals surface area (Å²) in [6, 6.07) is 16.9. The number of benzene rings is 2. The number of nitrogens with one attached hydrogen (secondary N) is 2. The van der Waals surface area contributed by atoms with Crippen LogP contribution >= 0.6 is 0 Å². The predicted molar refractivity (Wildman–Crippen MR) is 81.8 cm³/mol. The largest absolute Gasteiger partial charge is 0.361 e. The number of aromatic amines is 1. The summed E-state index contributed by atoms with van der Waals surface area (Å²) >= 11 is 0. The number of para-hydroxylation sites is 1. The fourth-order valence-electron chi connectivity index (χ4n) is 2.27. The molecule has 0 fully saturated rings. The van der Waals surface area contributed by atoms with Gasteiger partial charge < -0.3 is 10.3 Å². The summed E-state index contributed by atoms with van der Waals surface area (Å²) in [4.78, 5) is 15.2. The lowest BCUT2D eigenvalue weighted by Gasteiger charge is -2.07. The SMILES string of the molecule is N#Cc1ccccc1NC(=O)Cc1ccc2cc[nH]c2c1. The van der Waals surface area contributed by atoms with E-state index in [0.717, 1.165) is 16.5 Å². The first-order valence-corrected chi connectivity index (χ1v) is 6.61. The minimum atomic E-state index is -0.136. The van der Waals surface area contributed by atoms with Crippen LogP contribution in [0.3, 0.4) is 0 Å². The monoisotopic (exact) mass is 275 g/mol. The van der Waals surface area contributed by atoms with Gasteiger partial charge in [0.2, 0.25) is 5.91 Å². The summed E-state index contributed by atoms with van der Waals surface area (Å²) in [6.45, 7) is 0. The van der Waals surface area contributed by atoms with Crippen LogP contribution in [-0.4, -0.2) is 10.9 Å². The molecular formula is C17H13N3O. The van der Waals surface area contributed by atoms with E-state index < -0.39 is 0 Å². The Morgan fingerprint density at radius 3 is 2.90 bits per heavy atom. The van der Waals surface area contributed by atoms with Crippen LogP contribution in [0.2, 0.25) is 0 Å². The molecule has 2 N–H and O–H groups in total. The van der Waals surface area contributed by atoms with Crippen LogP contribution in [0, 0.1) is 11.3 Å². The molecule has 0 aliphatic carbocycles. The average molecular weight is 275 g/mol. The third kappa shape index (κ3) is 2.77. The number of nitrogens with zero attached hydrogens (tertiary/aromatic N) is 1. The molecule has 1 amide bonds. The van der Waals surface area contributed by atoms with E-state index in [1.165, 1.54) is 0 Å². The number of aromatic nitrogens is 1. The maximum atomic E-state index is 12.1. The van der Waals surface area contributed by atoms with Crippen LogP contribution in [0.1, 0.15) is 11.1 Å². The first-order valence-electron chi connectivity index (χ1n) is 6.61. The molecular weight excluding hydrogens is 262 g/mol. The third-order valence-electron chi connectivity index (χ3n) is 3.31. The molecule has 3 aromatic rings. The van der Waals surface area contributed by atoms with Crippen molar-refractivity contribution in [2.45, 2.75) is 6.42 Å². The van der Waals surface area contributed by atoms with Gasteiger partial charge in [0.1, 0.15) is 6.07 Å². The highest BCUT2D eigenvalue weighted by molar-refractivity contribution is 5.94. The number of amides is 1. The standard InChI is InChI=1S/C17H13N3O/c18-11-14-3-1-2-4-15(14)20-17(21)10-12-5-6-13-7-8-19-16(13)9-12/h1-9,19H,10H2,(H,20,21). The summed E-state index contributed by atoms with van der Waals surface area (Å²) in [5.41, 5.74) is 2.95.